The molecule has 0 N–H and O–H groups in total. The maximum atomic E-state index is 2.80. The minimum Gasteiger partial charge on any atom is -0.147 e. The summed E-state index contributed by atoms with van der Waals surface area (Å²) in [6, 6.07) is 0. The molecule has 0 aromatic carbocycles. The molecule has 0 radical (unpaired) electrons. The van der Waals surface area contributed by atoms with E-state index in [4.69, 9.17) is 0 Å². The van der Waals surface area contributed by atoms with Gasteiger partial charge in [-0.2, -0.15) is 0 Å². The number of rotatable bonds is 3. The fourth-order valence-corrected chi connectivity index (χ4v) is 30.2. The van der Waals surface area contributed by atoms with Crippen molar-refractivity contribution in [3.8, 4) is 0 Å². The zero-order valence-corrected chi connectivity index (χ0v) is 20.4. The van der Waals surface area contributed by atoms with E-state index < -0.39 is 17.4 Å². The molecule has 0 heterocycles. The van der Waals surface area contributed by atoms with Gasteiger partial charge < -0.3 is 0 Å². The van der Waals surface area contributed by atoms with Crippen molar-refractivity contribution in [2.45, 2.75) is 67.1 Å². The van der Waals surface area contributed by atoms with Gasteiger partial charge in [-0.3, -0.25) is 0 Å². The van der Waals surface area contributed by atoms with Crippen LogP contribution in [0.3, 0.4) is 0 Å². The van der Waals surface area contributed by atoms with Crippen molar-refractivity contribution in [2.75, 3.05) is 0 Å². The molecule has 1 fully saturated rings. The van der Waals surface area contributed by atoms with Crippen LogP contribution in [0.2, 0.25) is 8.26 Å². The average molecular weight is 451 g/mol. The van der Waals surface area contributed by atoms with Crippen LogP contribution in [0.4, 0.5) is 0 Å². The smallest absolute Gasteiger partial charge is 0.147 e. The minimum atomic E-state index is -3.04. The molecular formula is C19H32Cl2SiZr. The van der Waals surface area contributed by atoms with E-state index in [1.165, 1.54) is 44.9 Å². The van der Waals surface area contributed by atoms with E-state index in [2.05, 4.69) is 49.7 Å². The van der Waals surface area contributed by atoms with Crippen molar-refractivity contribution in [3.63, 3.8) is 0 Å². The summed E-state index contributed by atoms with van der Waals surface area (Å²) in [5.41, 5.74) is 3.24. The summed E-state index contributed by atoms with van der Waals surface area (Å²) < 4.78 is 7.65. The molecule has 3 aliphatic carbocycles. The largest absolute Gasteiger partial charge is 0.147 e. The van der Waals surface area contributed by atoms with Crippen molar-refractivity contribution in [1.82, 2.24) is 0 Å². The van der Waals surface area contributed by atoms with Crippen LogP contribution < -0.4 is 0 Å². The first-order valence-corrected chi connectivity index (χ1v) is 21.0. The molecule has 0 amide bonds. The van der Waals surface area contributed by atoms with E-state index in [0.29, 0.717) is 0 Å². The van der Waals surface area contributed by atoms with E-state index in [1.54, 1.807) is 11.1 Å². The van der Waals surface area contributed by atoms with Crippen LogP contribution in [0, 0.1) is 0 Å². The van der Waals surface area contributed by atoms with Crippen molar-refractivity contribution in [3.05, 3.63) is 42.0 Å². The Morgan fingerprint density at radius 1 is 0.870 bits per heavy atom. The molecule has 0 aromatic heterocycles. The number of allylic oxidation sites excluding steroid dienone is 8. The van der Waals surface area contributed by atoms with Gasteiger partial charge in [0.25, 0.3) is 0 Å². The molecule has 4 heteroatoms. The van der Waals surface area contributed by atoms with Crippen molar-refractivity contribution in [2.24, 2.45) is 0 Å². The van der Waals surface area contributed by atoms with E-state index >= 15 is 0 Å². The van der Waals surface area contributed by atoms with Gasteiger partial charge in [-0.1, -0.05) is 0 Å². The zero-order valence-electron chi connectivity index (χ0n) is 14.9. The summed E-state index contributed by atoms with van der Waals surface area (Å²) in [7, 11) is 0. The molecule has 3 rings (SSSR count). The summed E-state index contributed by atoms with van der Waals surface area (Å²) in [5.74, 6) is 0. The molecule has 0 saturated heterocycles. The van der Waals surface area contributed by atoms with Gasteiger partial charge >= 0.3 is 133 Å². The SMILES string of the molecule is CC1=[C]([Zr]([CH3])(=[SiH2])([C]2=C(C)C=CC2)[CH]2CCCCC2)CC=C1.Cl.Cl. The maximum absolute atomic E-state index is 3.04. The van der Waals surface area contributed by atoms with Crippen molar-refractivity contribution < 1.29 is 17.4 Å². The first kappa shape index (κ1) is 21.7. The normalized spacial score (nSPS) is 22.4. The summed E-state index contributed by atoms with van der Waals surface area (Å²) >= 11 is -3.04. The Kier molecular flexibility index (Phi) is 7.44. The molecule has 0 nitrogen and oxygen atoms in total. The Labute approximate surface area is 157 Å². The van der Waals surface area contributed by atoms with Crippen LogP contribution in [0.5, 0.6) is 0 Å². The summed E-state index contributed by atoms with van der Waals surface area (Å²) in [6.45, 7) is 7.28. The Balaban J connectivity index is 0.00000132. The quantitative estimate of drug-likeness (QED) is 0.440. The minimum absolute atomic E-state index is 0. The van der Waals surface area contributed by atoms with E-state index in [1.807, 2.05) is 6.56 Å². The van der Waals surface area contributed by atoms with Gasteiger partial charge in [-0.15, -0.1) is 24.8 Å². The third-order valence-electron chi connectivity index (χ3n) is 6.72. The molecule has 0 bridgehead atoms. The zero-order chi connectivity index (χ0) is 15.1. The van der Waals surface area contributed by atoms with Crippen LogP contribution in [-0.2, 0) is 17.4 Å². The first-order valence-electron chi connectivity index (χ1n) is 8.73. The van der Waals surface area contributed by atoms with Crippen LogP contribution in [0.1, 0.15) is 58.8 Å². The Bertz CT molecular complexity index is 606. The first-order chi connectivity index (χ1) is 9.94. The Morgan fingerprint density at radius 3 is 1.65 bits per heavy atom. The Hall–Kier alpha value is 0.640. The molecule has 3 aliphatic rings. The maximum Gasteiger partial charge on any atom is -0.147 e. The molecular weight excluding hydrogens is 418 g/mol. The van der Waals surface area contributed by atoms with Gasteiger partial charge in [0, 0.05) is 0 Å². The van der Waals surface area contributed by atoms with Crippen LogP contribution >= 0.6 is 24.8 Å². The third kappa shape index (κ3) is 3.48. The topological polar surface area (TPSA) is 0 Å². The second-order valence-electron chi connectivity index (χ2n) is 7.98. The summed E-state index contributed by atoms with van der Waals surface area (Å²) in [5, 5.41) is 0. The van der Waals surface area contributed by atoms with E-state index in [0.717, 1.165) is 3.63 Å². The predicted octanol–water partition coefficient (Wildman–Crippen LogP) is 6.34. The molecule has 0 aromatic rings. The molecule has 0 spiro atoms. The van der Waals surface area contributed by atoms with Gasteiger partial charge in [-0.05, 0) is 0 Å². The van der Waals surface area contributed by atoms with Gasteiger partial charge in [-0.25, -0.2) is 0 Å². The van der Waals surface area contributed by atoms with Gasteiger partial charge in [0.2, 0.25) is 0 Å². The number of halogens is 2. The van der Waals surface area contributed by atoms with E-state index in [-0.39, 0.29) is 24.8 Å². The Morgan fingerprint density at radius 2 is 1.30 bits per heavy atom. The van der Waals surface area contributed by atoms with Gasteiger partial charge in [0.05, 0.1) is 0 Å². The second-order valence-corrected chi connectivity index (χ2v) is 34.1. The number of hydrogen-bond acceptors (Lipinski definition) is 0. The molecule has 0 unspecified atom stereocenters. The van der Waals surface area contributed by atoms with Crippen LogP contribution in [0.25, 0.3) is 0 Å². The molecule has 0 aliphatic heterocycles. The summed E-state index contributed by atoms with van der Waals surface area (Å²) in [6.07, 6.45) is 19.6. The van der Waals surface area contributed by atoms with Crippen LogP contribution in [-0.4, -0.2) is 6.88 Å². The summed E-state index contributed by atoms with van der Waals surface area (Å²) in [4.78, 5) is 0. The fourth-order valence-electron chi connectivity index (χ4n) is 5.46. The molecule has 1 saturated carbocycles. The van der Waals surface area contributed by atoms with Crippen molar-refractivity contribution in [1.29, 1.82) is 0 Å². The number of hydrogen-bond donors (Lipinski definition) is 0. The average Bonchev–Trinajstić information content (AvgIpc) is 3.09. The predicted molar refractivity (Wildman–Crippen MR) is 109 cm³/mol. The second kappa shape index (κ2) is 7.90. The van der Waals surface area contributed by atoms with Crippen LogP contribution in [0.15, 0.2) is 42.0 Å². The standard InChI is InChI=1S/2C6H7.C6H11.CH3.2ClH.H2Si.Zr/c2*1-6-4-2-3-5-6;1-2-4-6-5-3-1;;;;;/h2*2,4H,3H2,1H3;1H,2-6H2;1H3;2*1H;1H2;. The molecule has 23 heavy (non-hydrogen) atoms. The van der Waals surface area contributed by atoms with Gasteiger partial charge in [0.15, 0.2) is 0 Å². The molecule has 0 atom stereocenters. The van der Waals surface area contributed by atoms with Crippen molar-refractivity contribution >= 4 is 31.7 Å². The third-order valence-corrected chi connectivity index (χ3v) is 33.2. The van der Waals surface area contributed by atoms with Gasteiger partial charge in [0.1, 0.15) is 0 Å². The molecule has 130 valence electrons. The van der Waals surface area contributed by atoms with E-state index in [9.17, 15) is 0 Å². The monoisotopic (exact) mass is 448 g/mol. The fraction of sp³-hybridized carbons (Fsp3) is 0.579.